The van der Waals surface area contributed by atoms with E-state index in [1.165, 1.54) is 55.4 Å². The molecule has 1 N–H and O–H groups in total. The van der Waals surface area contributed by atoms with Crippen LogP contribution in [0.4, 0.5) is 5.69 Å². The first-order valence-corrected chi connectivity index (χ1v) is 11.9. The van der Waals surface area contributed by atoms with E-state index in [-0.39, 0.29) is 27.3 Å². The topological polar surface area (TPSA) is 79.4 Å². The molecule has 11 heteroatoms. The zero-order valence-corrected chi connectivity index (χ0v) is 18.7. The molecule has 0 saturated heterocycles. The Balaban J connectivity index is 1.70. The second-order valence-electron chi connectivity index (χ2n) is 5.86. The van der Waals surface area contributed by atoms with Crippen LogP contribution in [-0.4, -0.2) is 43.5 Å². The zero-order valence-electron chi connectivity index (χ0n) is 14.8. The Morgan fingerprint density at radius 2 is 1.96 bits per heavy atom. The number of hydrogen-bond donors (Lipinski definition) is 1. The van der Waals surface area contributed by atoms with Crippen LogP contribution in [0.3, 0.4) is 0 Å². The van der Waals surface area contributed by atoms with Gasteiger partial charge in [0.05, 0.1) is 31.6 Å². The maximum Gasteiger partial charge on any atom is 0.242 e. The molecule has 3 aromatic rings. The Bertz CT molecular complexity index is 1150. The highest BCUT2D eigenvalue weighted by molar-refractivity contribution is 8.01. The van der Waals surface area contributed by atoms with Gasteiger partial charge in [-0.05, 0) is 36.4 Å². The number of thiazole rings is 1. The molecule has 0 aliphatic rings. The number of benzene rings is 2. The largest absolute Gasteiger partial charge is 0.324 e. The van der Waals surface area contributed by atoms with Gasteiger partial charge in [-0.15, -0.1) is 11.3 Å². The summed E-state index contributed by atoms with van der Waals surface area (Å²) in [7, 11) is -0.757. The van der Waals surface area contributed by atoms with Gasteiger partial charge in [0.1, 0.15) is 0 Å². The average molecular weight is 476 g/mol. The molecule has 6 nitrogen and oxygen atoms in total. The third-order valence-electron chi connectivity index (χ3n) is 3.65. The summed E-state index contributed by atoms with van der Waals surface area (Å²) in [5.41, 5.74) is 1.02. The number of rotatable bonds is 6. The molecule has 28 heavy (non-hydrogen) atoms. The number of carbonyl (C=O) groups excluding carboxylic acids is 1. The first kappa shape index (κ1) is 21.4. The molecule has 0 radical (unpaired) electrons. The van der Waals surface area contributed by atoms with Gasteiger partial charge in [0.15, 0.2) is 4.34 Å². The van der Waals surface area contributed by atoms with Crippen LogP contribution >= 0.6 is 46.3 Å². The molecule has 148 valence electrons. The van der Waals surface area contributed by atoms with Crippen LogP contribution in [0.1, 0.15) is 0 Å². The summed E-state index contributed by atoms with van der Waals surface area (Å²) in [6, 6.07) is 9.64. The SMILES string of the molecule is CN(C)S(=O)(=O)c1ccc(Cl)c(NC(=O)CSc2nc3cc(Cl)ccc3s2)c1. The first-order valence-electron chi connectivity index (χ1n) is 7.87. The van der Waals surface area contributed by atoms with Gasteiger partial charge in [0, 0.05) is 19.1 Å². The summed E-state index contributed by atoms with van der Waals surface area (Å²) in [5, 5.41) is 3.52. The Morgan fingerprint density at radius 3 is 2.68 bits per heavy atom. The molecule has 0 aliphatic heterocycles. The molecule has 1 aromatic heterocycles. The lowest BCUT2D eigenvalue weighted by Gasteiger charge is -2.13. The van der Waals surface area contributed by atoms with Crippen molar-refractivity contribution in [3.63, 3.8) is 0 Å². The predicted molar refractivity (Wildman–Crippen MR) is 116 cm³/mol. The molecule has 0 aliphatic carbocycles. The van der Waals surface area contributed by atoms with Gasteiger partial charge < -0.3 is 5.32 Å². The van der Waals surface area contributed by atoms with E-state index < -0.39 is 10.0 Å². The molecular formula is C17H15Cl2N3O3S3. The van der Waals surface area contributed by atoms with Crippen molar-refractivity contribution in [3.8, 4) is 0 Å². The van der Waals surface area contributed by atoms with E-state index >= 15 is 0 Å². The number of nitrogens with zero attached hydrogens (tertiary/aromatic N) is 2. The highest BCUT2D eigenvalue weighted by Crippen LogP contribution is 2.31. The number of amides is 1. The van der Waals surface area contributed by atoms with Crippen LogP contribution in [0.2, 0.25) is 10.0 Å². The molecule has 0 unspecified atom stereocenters. The van der Waals surface area contributed by atoms with Crippen molar-refractivity contribution in [2.75, 3.05) is 25.2 Å². The van der Waals surface area contributed by atoms with Gasteiger partial charge in [0.2, 0.25) is 15.9 Å². The van der Waals surface area contributed by atoms with Gasteiger partial charge in [-0.1, -0.05) is 35.0 Å². The van der Waals surface area contributed by atoms with E-state index in [1.54, 1.807) is 12.1 Å². The standard InChI is InChI=1S/C17H15Cl2N3O3S3/c1-22(2)28(24,25)11-4-5-12(19)13(8-11)20-16(23)9-26-17-21-14-7-10(18)3-6-15(14)27-17/h3-8H,9H2,1-2H3,(H,20,23). The van der Waals surface area contributed by atoms with Gasteiger partial charge in [-0.3, -0.25) is 4.79 Å². The van der Waals surface area contributed by atoms with Gasteiger partial charge in [0.25, 0.3) is 0 Å². The number of sulfonamides is 1. The van der Waals surface area contributed by atoms with Crippen molar-refractivity contribution >= 4 is 78.1 Å². The third kappa shape index (κ3) is 4.79. The van der Waals surface area contributed by atoms with Crippen molar-refractivity contribution in [1.82, 2.24) is 9.29 Å². The Labute approximate surface area is 180 Å². The number of nitrogens with one attached hydrogen (secondary N) is 1. The fourth-order valence-corrected chi connectivity index (χ4v) is 5.33. The van der Waals surface area contributed by atoms with E-state index in [1.807, 2.05) is 6.07 Å². The predicted octanol–water partition coefficient (Wildman–Crippen LogP) is 4.58. The van der Waals surface area contributed by atoms with E-state index in [0.29, 0.717) is 5.02 Å². The lowest BCUT2D eigenvalue weighted by Crippen LogP contribution is -2.22. The lowest BCUT2D eigenvalue weighted by molar-refractivity contribution is -0.113. The van der Waals surface area contributed by atoms with Crippen molar-refractivity contribution in [1.29, 1.82) is 0 Å². The molecular weight excluding hydrogens is 461 g/mol. The second-order valence-corrected chi connectivity index (χ2v) is 11.1. The maximum atomic E-state index is 12.3. The smallest absolute Gasteiger partial charge is 0.242 e. The molecule has 0 atom stereocenters. The van der Waals surface area contributed by atoms with Crippen molar-refractivity contribution in [2.45, 2.75) is 9.24 Å². The highest BCUT2D eigenvalue weighted by atomic mass is 35.5. The number of fused-ring (bicyclic) bond motifs is 1. The van der Waals surface area contributed by atoms with Crippen LogP contribution in [0.15, 0.2) is 45.6 Å². The molecule has 3 rings (SSSR count). The van der Waals surface area contributed by atoms with Gasteiger partial charge in [-0.2, -0.15) is 0 Å². The second kappa shape index (κ2) is 8.56. The summed E-state index contributed by atoms with van der Waals surface area (Å²) in [6.07, 6.45) is 0. The fourth-order valence-electron chi connectivity index (χ4n) is 2.23. The molecule has 0 saturated carbocycles. The minimum atomic E-state index is -3.63. The van der Waals surface area contributed by atoms with Crippen molar-refractivity contribution < 1.29 is 13.2 Å². The van der Waals surface area contributed by atoms with Gasteiger partial charge >= 0.3 is 0 Å². The maximum absolute atomic E-state index is 12.3. The molecule has 2 aromatic carbocycles. The quantitative estimate of drug-likeness (QED) is 0.527. The molecule has 0 fully saturated rings. The number of carbonyl (C=O) groups is 1. The monoisotopic (exact) mass is 475 g/mol. The van der Waals surface area contributed by atoms with Crippen molar-refractivity contribution in [2.24, 2.45) is 0 Å². The summed E-state index contributed by atoms with van der Waals surface area (Å²) < 4.78 is 27.3. The van der Waals surface area contributed by atoms with Crippen molar-refractivity contribution in [3.05, 3.63) is 46.4 Å². The summed E-state index contributed by atoms with van der Waals surface area (Å²) in [6.45, 7) is 0. The average Bonchev–Trinajstić information content (AvgIpc) is 3.03. The molecule has 1 amide bonds. The number of thioether (sulfide) groups is 1. The number of hydrogen-bond acceptors (Lipinski definition) is 6. The van der Waals surface area contributed by atoms with E-state index in [9.17, 15) is 13.2 Å². The zero-order chi connectivity index (χ0) is 20.5. The van der Waals surface area contributed by atoms with E-state index in [4.69, 9.17) is 23.2 Å². The van der Waals surface area contributed by atoms with E-state index in [0.717, 1.165) is 18.9 Å². The molecule has 1 heterocycles. The number of halogens is 2. The minimum absolute atomic E-state index is 0.0490. The van der Waals surface area contributed by atoms with Crippen LogP contribution < -0.4 is 5.32 Å². The van der Waals surface area contributed by atoms with Crippen LogP contribution in [0.25, 0.3) is 10.2 Å². The Kier molecular flexibility index (Phi) is 6.53. The van der Waals surface area contributed by atoms with E-state index in [2.05, 4.69) is 10.3 Å². The normalized spacial score (nSPS) is 11.9. The third-order valence-corrected chi connectivity index (χ3v) is 8.20. The van der Waals surface area contributed by atoms with Gasteiger partial charge in [-0.25, -0.2) is 17.7 Å². The minimum Gasteiger partial charge on any atom is -0.324 e. The molecule has 0 bridgehead atoms. The summed E-state index contributed by atoms with van der Waals surface area (Å²) in [4.78, 5) is 16.8. The van der Waals surface area contributed by atoms with Crippen LogP contribution in [-0.2, 0) is 14.8 Å². The number of anilines is 1. The fraction of sp³-hybridized carbons (Fsp3) is 0.176. The number of aromatic nitrogens is 1. The first-order chi connectivity index (χ1) is 13.2. The lowest BCUT2D eigenvalue weighted by atomic mass is 10.3. The van der Waals surface area contributed by atoms with Crippen LogP contribution in [0.5, 0.6) is 0 Å². The summed E-state index contributed by atoms with van der Waals surface area (Å²) in [5.74, 6) is -0.210. The van der Waals surface area contributed by atoms with Crippen LogP contribution in [0, 0.1) is 0 Å². The Morgan fingerprint density at radius 1 is 1.21 bits per heavy atom. The summed E-state index contributed by atoms with van der Waals surface area (Å²) >= 11 is 14.8. The highest BCUT2D eigenvalue weighted by Gasteiger charge is 2.19. The molecule has 0 spiro atoms. The Hall–Kier alpha value is -1.36.